The van der Waals surface area contributed by atoms with Crippen molar-refractivity contribution >= 4 is 0 Å². The van der Waals surface area contributed by atoms with E-state index in [-0.39, 0.29) is 0 Å². The van der Waals surface area contributed by atoms with E-state index in [1.54, 1.807) is 0 Å². The van der Waals surface area contributed by atoms with Gasteiger partial charge in [0.15, 0.2) is 0 Å². The van der Waals surface area contributed by atoms with Gasteiger partial charge in [-0.15, -0.1) is 0 Å². The summed E-state index contributed by atoms with van der Waals surface area (Å²) in [4.78, 5) is 8.79. The summed E-state index contributed by atoms with van der Waals surface area (Å²) in [6.07, 6.45) is 8.77. The summed E-state index contributed by atoms with van der Waals surface area (Å²) in [6, 6.07) is 22.1. The molecule has 0 aliphatic heterocycles. The van der Waals surface area contributed by atoms with Crippen molar-refractivity contribution in [1.29, 1.82) is 0 Å². The molecule has 1 aromatic carbocycles. The van der Waals surface area contributed by atoms with Crippen LogP contribution >= 0.6 is 0 Å². The van der Waals surface area contributed by atoms with Gasteiger partial charge in [-0.3, -0.25) is 9.97 Å². The van der Waals surface area contributed by atoms with Gasteiger partial charge in [0.2, 0.25) is 0 Å². The largest absolute Gasteiger partial charge is 0.308 e. The molecule has 1 aliphatic rings. The Labute approximate surface area is 185 Å². The molecule has 2 atom stereocenters. The predicted molar refractivity (Wildman–Crippen MR) is 125 cm³/mol. The average Bonchev–Trinajstić information content (AvgIpc) is 2.84. The molecule has 3 aromatic rings. The van der Waals surface area contributed by atoms with E-state index in [0.717, 1.165) is 37.6 Å². The van der Waals surface area contributed by atoms with E-state index in [4.69, 9.17) is 0 Å². The van der Waals surface area contributed by atoms with Crippen molar-refractivity contribution in [1.82, 2.24) is 25.9 Å². The maximum Gasteiger partial charge on any atom is 0.0541 e. The van der Waals surface area contributed by atoms with Crippen LogP contribution in [0.15, 0.2) is 73.1 Å². The van der Waals surface area contributed by atoms with Crippen LogP contribution in [0.2, 0.25) is 0 Å². The molecule has 0 amide bonds. The van der Waals surface area contributed by atoms with Gasteiger partial charge in [-0.2, -0.15) is 0 Å². The van der Waals surface area contributed by atoms with E-state index < -0.39 is 0 Å². The number of nitrogens with zero attached hydrogens (tertiary/aromatic N) is 2. The van der Waals surface area contributed by atoms with Crippen LogP contribution in [0, 0.1) is 0 Å². The lowest BCUT2D eigenvalue weighted by molar-refractivity contribution is 0.280. The third-order valence-electron chi connectivity index (χ3n) is 5.99. The van der Waals surface area contributed by atoms with Crippen molar-refractivity contribution in [3.05, 3.63) is 95.6 Å². The van der Waals surface area contributed by atoms with Crippen LogP contribution in [-0.2, 0) is 26.2 Å². The minimum Gasteiger partial charge on any atom is -0.308 e. The normalized spacial score (nSPS) is 18.7. The van der Waals surface area contributed by atoms with Crippen LogP contribution in [-0.4, -0.2) is 22.1 Å². The molecule has 1 fully saturated rings. The maximum atomic E-state index is 4.44. The van der Waals surface area contributed by atoms with Gasteiger partial charge < -0.3 is 16.0 Å². The number of pyridine rings is 2. The van der Waals surface area contributed by atoms with E-state index in [9.17, 15) is 0 Å². The van der Waals surface area contributed by atoms with Crippen molar-refractivity contribution in [2.45, 2.75) is 63.9 Å². The van der Waals surface area contributed by atoms with Crippen molar-refractivity contribution in [3.8, 4) is 0 Å². The van der Waals surface area contributed by atoms with Gasteiger partial charge in [-0.25, -0.2) is 0 Å². The zero-order valence-corrected chi connectivity index (χ0v) is 18.1. The van der Waals surface area contributed by atoms with Gasteiger partial charge in [0.1, 0.15) is 0 Å². The Bertz CT molecular complexity index is 883. The topological polar surface area (TPSA) is 61.9 Å². The van der Waals surface area contributed by atoms with Crippen LogP contribution in [0.4, 0.5) is 0 Å². The zero-order valence-electron chi connectivity index (χ0n) is 18.1. The Kier molecular flexibility index (Phi) is 8.16. The first-order valence-corrected chi connectivity index (χ1v) is 11.4. The summed E-state index contributed by atoms with van der Waals surface area (Å²) in [7, 11) is 0. The van der Waals surface area contributed by atoms with Crippen LogP contribution in [0.5, 0.6) is 0 Å². The Morgan fingerprint density at radius 1 is 0.613 bits per heavy atom. The molecule has 5 heteroatoms. The molecule has 162 valence electrons. The van der Waals surface area contributed by atoms with Crippen molar-refractivity contribution in [3.63, 3.8) is 0 Å². The Balaban J connectivity index is 1.21. The number of rotatable bonds is 10. The number of hydrogen-bond acceptors (Lipinski definition) is 5. The van der Waals surface area contributed by atoms with Gasteiger partial charge >= 0.3 is 0 Å². The first kappa shape index (κ1) is 21.6. The van der Waals surface area contributed by atoms with Gasteiger partial charge in [0.05, 0.1) is 11.4 Å². The summed E-state index contributed by atoms with van der Waals surface area (Å²) < 4.78 is 0. The fourth-order valence-electron chi connectivity index (χ4n) is 4.22. The number of benzene rings is 1. The number of nitrogens with one attached hydrogen (secondary N) is 3. The van der Waals surface area contributed by atoms with Gasteiger partial charge in [0, 0.05) is 50.7 Å². The molecule has 2 heterocycles. The van der Waals surface area contributed by atoms with E-state index >= 15 is 0 Å². The lowest BCUT2D eigenvalue weighted by Gasteiger charge is -2.33. The van der Waals surface area contributed by atoms with E-state index in [0.29, 0.717) is 12.1 Å². The van der Waals surface area contributed by atoms with Crippen LogP contribution in [0.25, 0.3) is 0 Å². The SMILES string of the molecule is c1ccc(CNCc2ccc(CN[C@H]3CCCC[C@H]3NCc3ccccn3)cc2)nc1. The minimum absolute atomic E-state index is 0.505. The first-order valence-electron chi connectivity index (χ1n) is 11.4. The first-order chi connectivity index (χ1) is 15.4. The van der Waals surface area contributed by atoms with Crippen LogP contribution < -0.4 is 16.0 Å². The fraction of sp³-hybridized carbons (Fsp3) is 0.385. The van der Waals surface area contributed by atoms with Crippen LogP contribution in [0.3, 0.4) is 0 Å². The van der Waals surface area contributed by atoms with E-state index in [2.05, 4.69) is 62.3 Å². The average molecular weight is 416 g/mol. The second kappa shape index (κ2) is 11.7. The molecular weight excluding hydrogens is 382 g/mol. The van der Waals surface area contributed by atoms with Crippen molar-refractivity contribution < 1.29 is 0 Å². The summed E-state index contributed by atoms with van der Waals surface area (Å²) in [5.74, 6) is 0. The fourth-order valence-corrected chi connectivity index (χ4v) is 4.22. The Morgan fingerprint density at radius 2 is 1.16 bits per heavy atom. The molecule has 1 aliphatic carbocycles. The number of hydrogen-bond donors (Lipinski definition) is 3. The molecule has 1 saturated carbocycles. The molecule has 2 aromatic heterocycles. The third-order valence-corrected chi connectivity index (χ3v) is 5.99. The van der Waals surface area contributed by atoms with Crippen molar-refractivity contribution in [2.24, 2.45) is 0 Å². The minimum atomic E-state index is 0.505. The highest BCUT2D eigenvalue weighted by molar-refractivity contribution is 5.22. The molecule has 0 saturated heterocycles. The summed E-state index contributed by atoms with van der Waals surface area (Å²) >= 11 is 0. The van der Waals surface area contributed by atoms with Gasteiger partial charge in [-0.1, -0.05) is 49.2 Å². The number of aromatic nitrogens is 2. The lowest BCUT2D eigenvalue weighted by Crippen LogP contribution is -2.49. The summed E-state index contributed by atoms with van der Waals surface area (Å²) in [6.45, 7) is 3.39. The highest BCUT2D eigenvalue weighted by atomic mass is 15.0. The molecule has 0 unspecified atom stereocenters. The second-order valence-electron chi connectivity index (χ2n) is 8.32. The highest BCUT2D eigenvalue weighted by Crippen LogP contribution is 2.19. The van der Waals surface area contributed by atoms with Gasteiger partial charge in [0.25, 0.3) is 0 Å². The summed E-state index contributed by atoms with van der Waals surface area (Å²) in [5, 5.41) is 11.0. The van der Waals surface area contributed by atoms with Crippen LogP contribution in [0.1, 0.15) is 48.2 Å². The molecule has 5 nitrogen and oxygen atoms in total. The Morgan fingerprint density at radius 3 is 1.74 bits per heavy atom. The molecule has 3 N–H and O–H groups in total. The molecule has 31 heavy (non-hydrogen) atoms. The standard InChI is InChI=1S/C26H33N5/c1-2-10-26(31-20-24-8-4-6-16-29-24)25(9-1)30-18-22-13-11-21(12-14-22)17-27-19-23-7-3-5-15-28-23/h3-8,11-16,25-27,30-31H,1-2,9-10,17-20H2/t25-,26+/m0/s1. The molecular formula is C26H33N5. The molecule has 4 rings (SSSR count). The molecule has 0 radical (unpaired) electrons. The molecule has 0 bridgehead atoms. The monoisotopic (exact) mass is 415 g/mol. The molecule has 0 spiro atoms. The quantitative estimate of drug-likeness (QED) is 0.468. The van der Waals surface area contributed by atoms with E-state index in [1.165, 1.54) is 36.8 Å². The summed E-state index contributed by atoms with van der Waals surface area (Å²) in [5.41, 5.74) is 4.82. The third kappa shape index (κ3) is 6.96. The smallest absolute Gasteiger partial charge is 0.0541 e. The highest BCUT2D eigenvalue weighted by Gasteiger charge is 2.24. The van der Waals surface area contributed by atoms with E-state index in [1.807, 2.05) is 36.7 Å². The lowest BCUT2D eigenvalue weighted by atomic mass is 9.90. The van der Waals surface area contributed by atoms with Gasteiger partial charge in [-0.05, 0) is 48.2 Å². The predicted octanol–water partition coefficient (Wildman–Crippen LogP) is 3.96. The zero-order chi connectivity index (χ0) is 21.1. The Hall–Kier alpha value is -2.60. The maximum absolute atomic E-state index is 4.44. The van der Waals surface area contributed by atoms with Crippen molar-refractivity contribution in [2.75, 3.05) is 0 Å². The second-order valence-corrected chi connectivity index (χ2v) is 8.32.